The first-order chi connectivity index (χ1) is 12.7. The van der Waals surface area contributed by atoms with E-state index in [4.69, 9.17) is 16.3 Å². The SMILES string of the molecule is CC1=NC(C)=C(c2ccc(Oc3cccc(C(F)(F)F)c3)cc2)C(=O)C1Cl. The van der Waals surface area contributed by atoms with Crippen LogP contribution < -0.4 is 4.74 Å². The maximum atomic E-state index is 12.8. The van der Waals surface area contributed by atoms with E-state index in [1.807, 2.05) is 0 Å². The van der Waals surface area contributed by atoms with Gasteiger partial charge in [-0.3, -0.25) is 9.79 Å². The van der Waals surface area contributed by atoms with Gasteiger partial charge in [-0.25, -0.2) is 0 Å². The molecule has 140 valence electrons. The molecule has 27 heavy (non-hydrogen) atoms. The molecule has 0 aromatic heterocycles. The van der Waals surface area contributed by atoms with E-state index in [-0.39, 0.29) is 11.5 Å². The van der Waals surface area contributed by atoms with E-state index in [1.54, 1.807) is 38.1 Å². The zero-order valence-electron chi connectivity index (χ0n) is 14.5. The molecule has 0 amide bonds. The Morgan fingerprint density at radius 1 is 1.04 bits per heavy atom. The van der Waals surface area contributed by atoms with Crippen LogP contribution in [0.1, 0.15) is 25.0 Å². The third-order valence-electron chi connectivity index (χ3n) is 4.09. The highest BCUT2D eigenvalue weighted by atomic mass is 35.5. The molecule has 0 bridgehead atoms. The first kappa shape index (κ1) is 19.2. The first-order valence-electron chi connectivity index (χ1n) is 8.06. The Hall–Kier alpha value is -2.60. The van der Waals surface area contributed by atoms with Crippen LogP contribution in [0.15, 0.2) is 59.2 Å². The van der Waals surface area contributed by atoms with Crippen LogP contribution in [0.3, 0.4) is 0 Å². The predicted molar refractivity (Wildman–Crippen MR) is 98.3 cm³/mol. The molecule has 1 aliphatic heterocycles. The van der Waals surface area contributed by atoms with E-state index in [0.717, 1.165) is 12.1 Å². The van der Waals surface area contributed by atoms with E-state index in [9.17, 15) is 18.0 Å². The second-order valence-electron chi connectivity index (χ2n) is 6.09. The molecule has 2 aromatic rings. The summed E-state index contributed by atoms with van der Waals surface area (Å²) in [5, 5.41) is -0.801. The van der Waals surface area contributed by atoms with Crippen LogP contribution in [0.25, 0.3) is 5.57 Å². The van der Waals surface area contributed by atoms with Crippen LogP contribution in [0.5, 0.6) is 11.5 Å². The van der Waals surface area contributed by atoms with Crippen molar-refractivity contribution in [1.82, 2.24) is 0 Å². The number of rotatable bonds is 3. The van der Waals surface area contributed by atoms with Crippen molar-refractivity contribution in [2.45, 2.75) is 25.4 Å². The first-order valence-corrected chi connectivity index (χ1v) is 8.50. The summed E-state index contributed by atoms with van der Waals surface area (Å²) in [5.41, 5.74) is 1.38. The molecule has 3 nitrogen and oxygen atoms in total. The molecule has 0 saturated carbocycles. The Labute approximate surface area is 159 Å². The summed E-state index contributed by atoms with van der Waals surface area (Å²) in [7, 11) is 0. The van der Waals surface area contributed by atoms with Crippen LogP contribution in [0.2, 0.25) is 0 Å². The van der Waals surface area contributed by atoms with Crippen LogP contribution in [-0.2, 0) is 11.0 Å². The average Bonchev–Trinajstić information content (AvgIpc) is 2.61. The van der Waals surface area contributed by atoms with Gasteiger partial charge in [0.2, 0.25) is 0 Å². The lowest BCUT2D eigenvalue weighted by Gasteiger charge is -2.19. The molecular weight excluding hydrogens is 379 g/mol. The fourth-order valence-corrected chi connectivity index (χ4v) is 2.94. The second kappa shape index (κ2) is 7.19. The summed E-state index contributed by atoms with van der Waals surface area (Å²) in [6.07, 6.45) is -4.44. The van der Waals surface area contributed by atoms with Gasteiger partial charge in [0, 0.05) is 17.0 Å². The van der Waals surface area contributed by atoms with Crippen molar-refractivity contribution in [3.8, 4) is 11.5 Å². The van der Waals surface area contributed by atoms with E-state index in [1.165, 1.54) is 12.1 Å². The predicted octanol–water partition coefficient (Wildman–Crippen LogP) is 5.88. The lowest BCUT2D eigenvalue weighted by Crippen LogP contribution is -2.27. The summed E-state index contributed by atoms with van der Waals surface area (Å²) in [6, 6.07) is 11.1. The number of aliphatic imine (C=N–C) groups is 1. The van der Waals surface area contributed by atoms with Crippen LogP contribution in [0, 0.1) is 0 Å². The molecule has 7 heteroatoms. The number of Topliss-reactive ketones (excluding diaryl/α,β-unsaturated/α-hetero) is 1. The van der Waals surface area contributed by atoms with Crippen molar-refractivity contribution in [3.05, 3.63) is 65.4 Å². The van der Waals surface area contributed by atoms with E-state index in [0.29, 0.717) is 28.3 Å². The van der Waals surface area contributed by atoms with Gasteiger partial charge < -0.3 is 4.74 Å². The van der Waals surface area contributed by atoms with Gasteiger partial charge in [0.25, 0.3) is 0 Å². The van der Waals surface area contributed by atoms with Crippen molar-refractivity contribution >= 4 is 28.7 Å². The molecule has 1 aliphatic rings. The number of ketones is 1. The number of carbonyl (C=O) groups excluding carboxylic acids is 1. The van der Waals surface area contributed by atoms with E-state index >= 15 is 0 Å². The summed E-state index contributed by atoms with van der Waals surface area (Å²) in [5.74, 6) is 0.192. The Balaban J connectivity index is 1.85. The van der Waals surface area contributed by atoms with Crippen molar-refractivity contribution in [1.29, 1.82) is 0 Å². The molecular formula is C20H15ClF3NO2. The fourth-order valence-electron chi connectivity index (χ4n) is 2.78. The van der Waals surface area contributed by atoms with E-state index in [2.05, 4.69) is 4.99 Å². The zero-order valence-corrected chi connectivity index (χ0v) is 15.2. The molecule has 0 radical (unpaired) electrons. The minimum Gasteiger partial charge on any atom is -0.457 e. The number of nitrogens with zero attached hydrogens (tertiary/aromatic N) is 1. The quantitative estimate of drug-likeness (QED) is 0.611. The number of carbonyl (C=O) groups is 1. The Kier molecular flexibility index (Phi) is 5.11. The molecule has 0 saturated heterocycles. The largest absolute Gasteiger partial charge is 0.457 e. The average molecular weight is 394 g/mol. The number of halogens is 4. The molecule has 2 aromatic carbocycles. The van der Waals surface area contributed by atoms with Crippen molar-refractivity contribution < 1.29 is 22.7 Å². The standard InChI is InChI=1S/C20H15ClF3NO2/c1-11-17(19(26)18(21)12(2)25-11)13-6-8-15(9-7-13)27-16-5-3-4-14(10-16)20(22,23)24/h3-10,18H,1-2H3. The fraction of sp³-hybridized carbons (Fsp3) is 0.200. The number of hydrogen-bond donors (Lipinski definition) is 0. The summed E-state index contributed by atoms with van der Waals surface area (Å²) in [6.45, 7) is 3.42. The van der Waals surface area contributed by atoms with E-state index < -0.39 is 17.1 Å². The highest BCUT2D eigenvalue weighted by Gasteiger charge is 2.31. The maximum Gasteiger partial charge on any atom is 0.416 e. The van der Waals surface area contributed by atoms with Crippen LogP contribution in [0.4, 0.5) is 13.2 Å². The van der Waals surface area contributed by atoms with Gasteiger partial charge in [0.1, 0.15) is 16.9 Å². The summed E-state index contributed by atoms with van der Waals surface area (Å²) in [4.78, 5) is 16.7. The number of allylic oxidation sites excluding steroid dienone is 2. The lowest BCUT2D eigenvalue weighted by atomic mass is 9.94. The summed E-state index contributed by atoms with van der Waals surface area (Å²) >= 11 is 6.09. The topological polar surface area (TPSA) is 38.7 Å². The number of benzene rings is 2. The smallest absolute Gasteiger partial charge is 0.416 e. The van der Waals surface area contributed by atoms with Crippen LogP contribution >= 0.6 is 11.6 Å². The molecule has 1 atom stereocenters. The lowest BCUT2D eigenvalue weighted by molar-refractivity contribution is -0.137. The number of alkyl halides is 4. The number of ether oxygens (including phenoxy) is 1. The normalized spacial score (nSPS) is 17.8. The number of hydrogen-bond acceptors (Lipinski definition) is 3. The van der Waals surface area contributed by atoms with Crippen molar-refractivity contribution in [3.63, 3.8) is 0 Å². The van der Waals surface area contributed by atoms with Gasteiger partial charge in [-0.05, 0) is 49.7 Å². The van der Waals surface area contributed by atoms with Gasteiger partial charge in [-0.15, -0.1) is 11.6 Å². The highest BCUT2D eigenvalue weighted by Crippen LogP contribution is 2.34. The Morgan fingerprint density at radius 2 is 1.70 bits per heavy atom. The second-order valence-corrected chi connectivity index (χ2v) is 6.53. The minimum atomic E-state index is -4.44. The van der Waals surface area contributed by atoms with Crippen LogP contribution in [-0.4, -0.2) is 16.9 Å². The zero-order chi connectivity index (χ0) is 19.8. The van der Waals surface area contributed by atoms with Gasteiger partial charge in [0.15, 0.2) is 5.78 Å². The van der Waals surface area contributed by atoms with Gasteiger partial charge >= 0.3 is 6.18 Å². The molecule has 0 fully saturated rings. The maximum absolute atomic E-state index is 12.8. The molecule has 3 rings (SSSR count). The molecule has 0 N–H and O–H groups in total. The Bertz CT molecular complexity index is 946. The molecule has 0 spiro atoms. The molecule has 0 aliphatic carbocycles. The van der Waals surface area contributed by atoms with Crippen molar-refractivity contribution in [2.24, 2.45) is 4.99 Å². The highest BCUT2D eigenvalue weighted by molar-refractivity contribution is 6.51. The van der Waals surface area contributed by atoms with Crippen molar-refractivity contribution in [2.75, 3.05) is 0 Å². The molecule has 1 heterocycles. The molecule has 1 unspecified atom stereocenters. The van der Waals surface area contributed by atoms with Gasteiger partial charge in [-0.2, -0.15) is 13.2 Å². The Morgan fingerprint density at radius 3 is 2.33 bits per heavy atom. The minimum absolute atomic E-state index is 0.0720. The summed E-state index contributed by atoms with van der Waals surface area (Å²) < 4.78 is 43.8. The monoisotopic (exact) mass is 393 g/mol. The third-order valence-corrected chi connectivity index (χ3v) is 4.60. The van der Waals surface area contributed by atoms with Gasteiger partial charge in [0.05, 0.1) is 5.56 Å². The van der Waals surface area contributed by atoms with Gasteiger partial charge in [-0.1, -0.05) is 18.2 Å². The third kappa shape index (κ3) is 4.06.